The summed E-state index contributed by atoms with van der Waals surface area (Å²) in [6.45, 7) is 5.46. The van der Waals surface area contributed by atoms with E-state index in [1.165, 1.54) is 7.11 Å². The second kappa shape index (κ2) is 7.30. The first-order valence-electron chi connectivity index (χ1n) is 9.99. The molecule has 1 heterocycles. The summed E-state index contributed by atoms with van der Waals surface area (Å²) in [5.41, 5.74) is 2.46. The van der Waals surface area contributed by atoms with Gasteiger partial charge in [0.25, 0.3) is 0 Å². The molecule has 0 saturated heterocycles. The second-order valence-corrected chi connectivity index (χ2v) is 8.88. The molecule has 1 fully saturated rings. The van der Waals surface area contributed by atoms with Crippen molar-refractivity contribution in [3.63, 3.8) is 0 Å². The summed E-state index contributed by atoms with van der Waals surface area (Å²) in [7, 11) is 1.36. The average Bonchev–Trinajstić information content (AvgIpc) is 2.92. The van der Waals surface area contributed by atoms with Gasteiger partial charge in [0, 0.05) is 11.8 Å². The number of ether oxygens (including phenoxy) is 2. The first-order valence-corrected chi connectivity index (χ1v) is 9.99. The number of carbonyl (C=O) groups is 2. The number of amides is 1. The van der Waals surface area contributed by atoms with E-state index in [1.54, 1.807) is 4.90 Å². The molecule has 0 N–H and O–H groups in total. The van der Waals surface area contributed by atoms with Gasteiger partial charge in [0.15, 0.2) is 5.78 Å². The average molecular weight is 393 g/mol. The van der Waals surface area contributed by atoms with Crippen LogP contribution in [-0.2, 0) is 26.3 Å². The fourth-order valence-electron chi connectivity index (χ4n) is 5.04. The smallest absolute Gasteiger partial charge is 0.414 e. The number of benzene rings is 2. The highest BCUT2D eigenvalue weighted by Gasteiger charge is 2.65. The number of ketones is 1. The van der Waals surface area contributed by atoms with Gasteiger partial charge in [-0.05, 0) is 29.0 Å². The van der Waals surface area contributed by atoms with E-state index in [1.807, 2.05) is 54.6 Å². The number of methoxy groups -OCH3 is 1. The Balaban J connectivity index is 1.55. The third-order valence-corrected chi connectivity index (χ3v) is 6.05. The van der Waals surface area contributed by atoms with Gasteiger partial charge in [0.1, 0.15) is 6.04 Å². The topological polar surface area (TPSA) is 55.8 Å². The molecule has 2 atom stereocenters. The largest absolute Gasteiger partial charge is 0.452 e. The molecule has 5 heteroatoms. The number of hydrogen-bond acceptors (Lipinski definition) is 4. The summed E-state index contributed by atoms with van der Waals surface area (Å²) in [5, 5.41) is 0. The lowest BCUT2D eigenvalue weighted by Gasteiger charge is -2.49. The van der Waals surface area contributed by atoms with Crippen molar-refractivity contribution in [1.29, 1.82) is 0 Å². The highest BCUT2D eigenvalue weighted by molar-refractivity contribution is 6.08. The molecule has 0 aromatic heterocycles. The van der Waals surface area contributed by atoms with Gasteiger partial charge >= 0.3 is 6.09 Å². The third-order valence-electron chi connectivity index (χ3n) is 6.05. The van der Waals surface area contributed by atoms with Crippen molar-refractivity contribution in [1.82, 2.24) is 0 Å². The summed E-state index contributed by atoms with van der Waals surface area (Å²) >= 11 is 0. The Morgan fingerprint density at radius 2 is 1.83 bits per heavy atom. The lowest BCUT2D eigenvalue weighted by molar-refractivity contribution is -0.132. The van der Waals surface area contributed by atoms with Crippen LogP contribution in [0.4, 0.5) is 10.5 Å². The monoisotopic (exact) mass is 393 g/mol. The molecule has 0 unspecified atom stereocenters. The van der Waals surface area contributed by atoms with Crippen LogP contribution in [-0.4, -0.2) is 31.6 Å². The summed E-state index contributed by atoms with van der Waals surface area (Å²) in [4.78, 5) is 26.6. The van der Waals surface area contributed by atoms with E-state index >= 15 is 0 Å². The Hall–Kier alpha value is -2.66. The van der Waals surface area contributed by atoms with Crippen LogP contribution in [0.3, 0.4) is 0 Å². The minimum Gasteiger partial charge on any atom is -0.452 e. The normalized spacial score (nSPS) is 22.7. The highest BCUT2D eigenvalue weighted by Crippen LogP contribution is 2.59. The maximum atomic E-state index is 12.6. The van der Waals surface area contributed by atoms with E-state index in [2.05, 4.69) is 13.8 Å². The van der Waals surface area contributed by atoms with Crippen molar-refractivity contribution in [2.75, 3.05) is 18.6 Å². The van der Waals surface area contributed by atoms with E-state index in [0.29, 0.717) is 19.6 Å². The summed E-state index contributed by atoms with van der Waals surface area (Å²) in [6, 6.07) is 17.4. The number of anilines is 1. The molecule has 0 bridgehead atoms. The lowest BCUT2D eigenvalue weighted by Crippen LogP contribution is -2.63. The van der Waals surface area contributed by atoms with E-state index in [0.717, 1.165) is 23.2 Å². The third kappa shape index (κ3) is 3.33. The van der Waals surface area contributed by atoms with Crippen LogP contribution in [0.5, 0.6) is 0 Å². The first-order chi connectivity index (χ1) is 13.9. The molecule has 1 saturated carbocycles. The van der Waals surface area contributed by atoms with E-state index < -0.39 is 12.1 Å². The van der Waals surface area contributed by atoms with E-state index in [4.69, 9.17) is 9.47 Å². The predicted molar refractivity (Wildman–Crippen MR) is 111 cm³/mol. The number of rotatable bonds is 6. The molecule has 1 aliphatic heterocycles. The van der Waals surface area contributed by atoms with Crippen molar-refractivity contribution >= 4 is 17.6 Å². The van der Waals surface area contributed by atoms with Crippen molar-refractivity contribution in [3.05, 3.63) is 65.7 Å². The van der Waals surface area contributed by atoms with Crippen molar-refractivity contribution in [3.8, 4) is 0 Å². The Morgan fingerprint density at radius 1 is 1.14 bits per heavy atom. The van der Waals surface area contributed by atoms with E-state index in [9.17, 15) is 9.59 Å². The van der Waals surface area contributed by atoms with Crippen LogP contribution >= 0.6 is 0 Å². The zero-order valence-electron chi connectivity index (χ0n) is 17.2. The number of carbonyl (C=O) groups excluding carboxylic acids is 2. The molecule has 2 aromatic rings. The molecule has 1 aliphatic carbocycles. The molecule has 0 spiro atoms. The molecule has 5 nitrogen and oxygen atoms in total. The van der Waals surface area contributed by atoms with Crippen LogP contribution in [0.25, 0.3) is 0 Å². The van der Waals surface area contributed by atoms with Gasteiger partial charge in [-0.3, -0.25) is 9.69 Å². The Bertz CT molecular complexity index is 923. The van der Waals surface area contributed by atoms with Crippen LogP contribution in [0.2, 0.25) is 0 Å². The Kier molecular flexibility index (Phi) is 4.95. The van der Waals surface area contributed by atoms with Gasteiger partial charge in [0.2, 0.25) is 0 Å². The molecule has 2 aliphatic rings. The van der Waals surface area contributed by atoms with Gasteiger partial charge in [-0.1, -0.05) is 62.4 Å². The summed E-state index contributed by atoms with van der Waals surface area (Å²) in [5.74, 6) is 0.0904. The number of nitrogens with zero attached hydrogens (tertiary/aromatic N) is 1. The fraction of sp³-hybridized carbons (Fsp3) is 0.417. The number of Topliss-reactive ketones (excluding diaryl/α,β-unsaturated/α-hetero) is 1. The minimum atomic E-state index is -0.485. The van der Waals surface area contributed by atoms with E-state index in [-0.39, 0.29) is 16.6 Å². The molecule has 0 radical (unpaired) electrons. The summed E-state index contributed by atoms with van der Waals surface area (Å²) < 4.78 is 11.0. The Morgan fingerprint density at radius 3 is 2.52 bits per heavy atom. The number of fused-ring (bicyclic) bond motifs is 3. The minimum absolute atomic E-state index is 0.0904. The van der Waals surface area contributed by atoms with Gasteiger partial charge in [0.05, 0.1) is 26.0 Å². The van der Waals surface area contributed by atoms with Crippen LogP contribution in [0.15, 0.2) is 54.6 Å². The Labute approximate surface area is 171 Å². The van der Waals surface area contributed by atoms with Crippen LogP contribution in [0, 0.1) is 5.41 Å². The molecule has 29 heavy (non-hydrogen) atoms. The standard InChI is InChI=1S/C24H27NO4/c1-23(2,16-29-14-17-9-5-4-6-10-17)15-24-13-20(26)21(24)25(22(27)28-3)19-12-8-7-11-18(19)24/h4-12,21H,13-16H2,1-3H3/t21-,24+/m0/s1. The van der Waals surface area contributed by atoms with Gasteiger partial charge in [-0.15, -0.1) is 0 Å². The number of para-hydroxylation sites is 1. The zero-order valence-corrected chi connectivity index (χ0v) is 17.2. The van der Waals surface area contributed by atoms with Crippen LogP contribution in [0.1, 0.15) is 37.8 Å². The SMILES string of the molecule is COC(=O)N1c2ccccc2[C@]2(CC(C)(C)COCc3ccccc3)CC(=O)[C@H]12. The maximum Gasteiger partial charge on any atom is 0.414 e. The highest BCUT2D eigenvalue weighted by atomic mass is 16.5. The quantitative estimate of drug-likeness (QED) is 0.726. The second-order valence-electron chi connectivity index (χ2n) is 8.88. The fourth-order valence-corrected chi connectivity index (χ4v) is 5.04. The summed E-state index contributed by atoms with van der Waals surface area (Å²) in [6.07, 6.45) is 0.732. The van der Waals surface area contributed by atoms with Crippen LogP contribution < -0.4 is 4.90 Å². The first kappa shape index (κ1) is 19.6. The molecule has 152 valence electrons. The van der Waals surface area contributed by atoms with Crippen molar-refractivity contribution in [2.45, 2.75) is 44.8 Å². The molecule has 2 aromatic carbocycles. The predicted octanol–water partition coefficient (Wildman–Crippen LogP) is 4.49. The van der Waals surface area contributed by atoms with Crippen molar-refractivity contribution < 1.29 is 19.1 Å². The number of hydrogen-bond donors (Lipinski definition) is 0. The van der Waals surface area contributed by atoms with Gasteiger partial charge in [-0.2, -0.15) is 0 Å². The van der Waals surface area contributed by atoms with Gasteiger partial charge < -0.3 is 9.47 Å². The molecule has 4 rings (SSSR count). The zero-order chi connectivity index (χ0) is 20.6. The van der Waals surface area contributed by atoms with Gasteiger partial charge in [-0.25, -0.2) is 4.79 Å². The molecule has 1 amide bonds. The maximum absolute atomic E-state index is 12.6. The lowest BCUT2D eigenvalue weighted by atomic mass is 9.56. The molecular formula is C24H27NO4. The molecular weight excluding hydrogens is 366 g/mol. The van der Waals surface area contributed by atoms with Crippen molar-refractivity contribution in [2.24, 2.45) is 5.41 Å².